The van der Waals surface area contributed by atoms with Crippen LogP contribution in [0.3, 0.4) is 0 Å². The molecule has 17 heavy (non-hydrogen) atoms. The predicted octanol–water partition coefficient (Wildman–Crippen LogP) is 2.00. The van der Waals surface area contributed by atoms with E-state index in [4.69, 9.17) is 0 Å². The van der Waals surface area contributed by atoms with Gasteiger partial charge in [-0.15, -0.1) is 0 Å². The zero-order chi connectivity index (χ0) is 12.9. The first-order valence-corrected chi connectivity index (χ1v) is 5.95. The van der Waals surface area contributed by atoms with Gasteiger partial charge in [-0.05, 0) is 38.8 Å². The molecule has 0 radical (unpaired) electrons. The van der Waals surface area contributed by atoms with Gasteiger partial charge in [0.15, 0.2) is 0 Å². The number of amides is 1. The van der Waals surface area contributed by atoms with Gasteiger partial charge < -0.3 is 10.6 Å². The molecule has 0 unspecified atom stereocenters. The fourth-order valence-electron chi connectivity index (χ4n) is 1.41. The standard InChI is InChI=1S/C14H22N2O/c1-11-7-5-6-8-12(11)9-15-13(17)10-16-14(2,3)4/h5-8,16H,9-10H2,1-4H3,(H,15,17). The molecule has 1 aromatic carbocycles. The van der Waals surface area contributed by atoms with Gasteiger partial charge in [-0.1, -0.05) is 24.3 Å². The van der Waals surface area contributed by atoms with Crippen LogP contribution in [0.25, 0.3) is 0 Å². The highest BCUT2D eigenvalue weighted by Crippen LogP contribution is 2.05. The second-order valence-electron chi connectivity index (χ2n) is 5.31. The van der Waals surface area contributed by atoms with E-state index < -0.39 is 0 Å². The molecule has 94 valence electrons. The van der Waals surface area contributed by atoms with Gasteiger partial charge in [0.25, 0.3) is 0 Å². The number of carbonyl (C=O) groups excluding carboxylic acids is 1. The molecule has 1 aromatic rings. The Morgan fingerprint density at radius 2 is 1.88 bits per heavy atom. The van der Waals surface area contributed by atoms with E-state index in [1.165, 1.54) is 5.56 Å². The fraction of sp³-hybridized carbons (Fsp3) is 0.500. The summed E-state index contributed by atoms with van der Waals surface area (Å²) in [4.78, 5) is 11.6. The molecule has 0 aliphatic rings. The molecule has 0 aliphatic heterocycles. The van der Waals surface area contributed by atoms with Gasteiger partial charge in [-0.3, -0.25) is 4.79 Å². The molecule has 0 saturated heterocycles. The van der Waals surface area contributed by atoms with Crippen LogP contribution in [0.5, 0.6) is 0 Å². The number of benzene rings is 1. The zero-order valence-corrected chi connectivity index (χ0v) is 11.1. The molecule has 3 nitrogen and oxygen atoms in total. The first-order chi connectivity index (χ1) is 7.88. The molecule has 1 amide bonds. The normalized spacial score (nSPS) is 11.3. The maximum absolute atomic E-state index is 11.6. The van der Waals surface area contributed by atoms with Crippen molar-refractivity contribution in [1.82, 2.24) is 10.6 Å². The molecule has 2 N–H and O–H groups in total. The minimum absolute atomic E-state index is 0.0278. The summed E-state index contributed by atoms with van der Waals surface area (Å²) in [7, 11) is 0. The largest absolute Gasteiger partial charge is 0.351 e. The van der Waals surface area contributed by atoms with Gasteiger partial charge in [0.2, 0.25) is 5.91 Å². The summed E-state index contributed by atoms with van der Waals surface area (Å²) in [5.74, 6) is 0.0307. The monoisotopic (exact) mass is 234 g/mol. The summed E-state index contributed by atoms with van der Waals surface area (Å²) >= 11 is 0. The van der Waals surface area contributed by atoms with Gasteiger partial charge in [-0.25, -0.2) is 0 Å². The molecule has 1 rings (SSSR count). The van der Waals surface area contributed by atoms with Crippen molar-refractivity contribution in [1.29, 1.82) is 0 Å². The molecule has 0 aliphatic carbocycles. The van der Waals surface area contributed by atoms with Crippen LogP contribution >= 0.6 is 0 Å². The highest BCUT2D eigenvalue weighted by Gasteiger charge is 2.10. The van der Waals surface area contributed by atoms with Crippen molar-refractivity contribution in [3.05, 3.63) is 35.4 Å². The molecular formula is C14H22N2O. The van der Waals surface area contributed by atoms with E-state index in [-0.39, 0.29) is 11.4 Å². The minimum atomic E-state index is -0.0278. The Hall–Kier alpha value is -1.35. The van der Waals surface area contributed by atoms with Gasteiger partial charge in [0, 0.05) is 12.1 Å². The van der Waals surface area contributed by atoms with Crippen molar-refractivity contribution in [2.75, 3.05) is 6.54 Å². The third kappa shape index (κ3) is 5.50. The first-order valence-electron chi connectivity index (χ1n) is 5.95. The Balaban J connectivity index is 2.36. The lowest BCUT2D eigenvalue weighted by molar-refractivity contribution is -0.120. The highest BCUT2D eigenvalue weighted by atomic mass is 16.1. The Labute approximate surface area is 104 Å². The maximum Gasteiger partial charge on any atom is 0.234 e. The quantitative estimate of drug-likeness (QED) is 0.836. The van der Waals surface area contributed by atoms with Crippen LogP contribution in [0.4, 0.5) is 0 Å². The molecule has 0 aromatic heterocycles. The third-order valence-electron chi connectivity index (χ3n) is 2.52. The maximum atomic E-state index is 11.6. The first kappa shape index (κ1) is 13.7. The van der Waals surface area contributed by atoms with Crippen molar-refractivity contribution in [3.8, 4) is 0 Å². The SMILES string of the molecule is Cc1ccccc1CNC(=O)CNC(C)(C)C. The lowest BCUT2D eigenvalue weighted by Crippen LogP contribution is -2.43. The number of aryl methyl sites for hydroxylation is 1. The summed E-state index contributed by atoms with van der Waals surface area (Å²) in [5, 5.41) is 6.07. The summed E-state index contributed by atoms with van der Waals surface area (Å²) in [6, 6.07) is 8.07. The van der Waals surface area contributed by atoms with Gasteiger partial charge in [-0.2, -0.15) is 0 Å². The van der Waals surface area contributed by atoms with Gasteiger partial charge in [0.05, 0.1) is 6.54 Å². The van der Waals surface area contributed by atoms with Crippen LogP contribution in [-0.4, -0.2) is 18.0 Å². The van der Waals surface area contributed by atoms with Crippen LogP contribution in [0, 0.1) is 6.92 Å². The molecule has 0 bridgehead atoms. The molecule has 0 fully saturated rings. The van der Waals surface area contributed by atoms with Crippen molar-refractivity contribution in [2.45, 2.75) is 39.8 Å². The van der Waals surface area contributed by atoms with E-state index in [1.807, 2.05) is 39.0 Å². The molecule has 0 atom stereocenters. The average molecular weight is 234 g/mol. The number of nitrogens with one attached hydrogen (secondary N) is 2. The number of hydrogen-bond acceptors (Lipinski definition) is 2. The Morgan fingerprint density at radius 1 is 1.24 bits per heavy atom. The van der Waals surface area contributed by atoms with Crippen molar-refractivity contribution < 1.29 is 4.79 Å². The Kier molecular flexibility index (Phi) is 4.70. The molecule has 0 spiro atoms. The van der Waals surface area contributed by atoms with Crippen LogP contribution in [0.2, 0.25) is 0 Å². The van der Waals surface area contributed by atoms with Gasteiger partial charge in [0.1, 0.15) is 0 Å². The Bertz CT molecular complexity index is 380. The number of hydrogen-bond donors (Lipinski definition) is 2. The summed E-state index contributed by atoms with van der Waals surface area (Å²) in [6.07, 6.45) is 0. The van der Waals surface area contributed by atoms with Crippen LogP contribution in [0.1, 0.15) is 31.9 Å². The molecule has 0 saturated carbocycles. The average Bonchev–Trinajstić information content (AvgIpc) is 2.24. The van der Waals surface area contributed by atoms with E-state index in [0.717, 1.165) is 5.56 Å². The lowest BCUT2D eigenvalue weighted by atomic mass is 10.1. The van der Waals surface area contributed by atoms with Gasteiger partial charge >= 0.3 is 0 Å². The van der Waals surface area contributed by atoms with E-state index in [9.17, 15) is 4.79 Å². The lowest BCUT2D eigenvalue weighted by Gasteiger charge is -2.20. The predicted molar refractivity (Wildman–Crippen MR) is 70.8 cm³/mol. The van der Waals surface area contributed by atoms with Crippen molar-refractivity contribution >= 4 is 5.91 Å². The molecular weight excluding hydrogens is 212 g/mol. The number of carbonyl (C=O) groups is 1. The molecule has 0 heterocycles. The van der Waals surface area contributed by atoms with E-state index >= 15 is 0 Å². The topological polar surface area (TPSA) is 41.1 Å². The van der Waals surface area contributed by atoms with Crippen molar-refractivity contribution in [2.24, 2.45) is 0 Å². The van der Waals surface area contributed by atoms with Crippen LogP contribution < -0.4 is 10.6 Å². The van der Waals surface area contributed by atoms with Crippen LogP contribution in [-0.2, 0) is 11.3 Å². The second kappa shape index (κ2) is 5.82. The Morgan fingerprint density at radius 3 is 2.47 bits per heavy atom. The summed E-state index contributed by atoms with van der Waals surface area (Å²) in [6.45, 7) is 9.13. The van der Waals surface area contributed by atoms with E-state index in [1.54, 1.807) is 0 Å². The summed E-state index contributed by atoms with van der Waals surface area (Å²) < 4.78 is 0. The second-order valence-corrected chi connectivity index (χ2v) is 5.31. The molecule has 3 heteroatoms. The highest BCUT2D eigenvalue weighted by molar-refractivity contribution is 5.78. The fourth-order valence-corrected chi connectivity index (χ4v) is 1.41. The van der Waals surface area contributed by atoms with Crippen molar-refractivity contribution in [3.63, 3.8) is 0 Å². The summed E-state index contributed by atoms with van der Waals surface area (Å²) in [5.41, 5.74) is 2.34. The van der Waals surface area contributed by atoms with E-state index in [0.29, 0.717) is 13.1 Å². The number of rotatable bonds is 4. The third-order valence-corrected chi connectivity index (χ3v) is 2.52. The zero-order valence-electron chi connectivity index (χ0n) is 11.1. The smallest absolute Gasteiger partial charge is 0.234 e. The minimum Gasteiger partial charge on any atom is -0.351 e. The van der Waals surface area contributed by atoms with E-state index in [2.05, 4.69) is 23.6 Å². The van der Waals surface area contributed by atoms with Crippen LogP contribution in [0.15, 0.2) is 24.3 Å².